The highest BCUT2D eigenvalue weighted by Crippen LogP contribution is 2.43. The summed E-state index contributed by atoms with van der Waals surface area (Å²) < 4.78 is 34.3. The van der Waals surface area contributed by atoms with Gasteiger partial charge in [0.2, 0.25) is 0 Å². The third kappa shape index (κ3) is 44.3. The summed E-state index contributed by atoms with van der Waals surface area (Å²) in [5, 5.41) is 0. The SMILES string of the molecule is CCCCCCCCCCCCCCCCCC=CC(=O)OC(COC(=O)CCCCCCCCCCCCCCCCCCC)COP(=O)(O)OCC[N+](C)(C)C. The van der Waals surface area contributed by atoms with Gasteiger partial charge in [-0.1, -0.05) is 213 Å². The number of ether oxygens (including phenoxy) is 2. The normalized spacial score (nSPS) is 13.6. The molecule has 2 unspecified atom stereocenters. The Morgan fingerprint density at radius 3 is 1.33 bits per heavy atom. The van der Waals surface area contributed by atoms with Gasteiger partial charge in [0.1, 0.15) is 19.8 Å². The second-order valence-electron chi connectivity index (χ2n) is 17.9. The fraction of sp³-hybridized carbons (Fsp3) is 0.917. The van der Waals surface area contributed by atoms with Gasteiger partial charge in [-0.3, -0.25) is 13.8 Å². The molecule has 0 bridgehead atoms. The molecular weight excluding hydrogens is 750 g/mol. The molecule has 0 aliphatic heterocycles. The molecule has 2 atom stereocenters. The molecule has 0 fully saturated rings. The highest BCUT2D eigenvalue weighted by atomic mass is 31.2. The standard InChI is InChI=1S/C48H94NO8P/c1-6-8-10-12-14-16-18-20-22-24-26-28-30-32-34-36-38-40-47(50)54-44-46(45-56-58(52,53)55-43-42-49(3,4)5)57-48(51)41-39-37-35-33-31-29-27-25-23-21-19-17-15-13-11-9-7-2/h39,41,46H,6-38,40,42-45H2,1-5H3/p+1. The first-order valence-corrected chi connectivity index (χ1v) is 25.9. The van der Waals surface area contributed by atoms with Crippen LogP contribution >= 0.6 is 7.82 Å². The summed E-state index contributed by atoms with van der Waals surface area (Å²) in [5.41, 5.74) is 0. The molecule has 10 heteroatoms. The van der Waals surface area contributed by atoms with E-state index in [-0.39, 0.29) is 25.6 Å². The number of likely N-dealkylation sites (N-methyl/N-ethyl adjacent to an activating group) is 1. The van der Waals surface area contributed by atoms with Crippen LogP contribution < -0.4 is 0 Å². The quantitative estimate of drug-likeness (QED) is 0.0212. The lowest BCUT2D eigenvalue weighted by Gasteiger charge is -2.24. The molecule has 0 rings (SSSR count). The third-order valence-corrected chi connectivity index (χ3v) is 11.9. The van der Waals surface area contributed by atoms with Crippen molar-refractivity contribution in [2.45, 2.75) is 238 Å². The molecule has 0 radical (unpaired) electrons. The summed E-state index contributed by atoms with van der Waals surface area (Å²) in [7, 11) is 1.46. The van der Waals surface area contributed by atoms with E-state index < -0.39 is 26.5 Å². The Morgan fingerprint density at radius 2 is 0.931 bits per heavy atom. The van der Waals surface area contributed by atoms with Gasteiger partial charge in [0.15, 0.2) is 6.10 Å². The van der Waals surface area contributed by atoms with Gasteiger partial charge in [-0.25, -0.2) is 9.36 Å². The van der Waals surface area contributed by atoms with Crippen LogP contribution in [0.1, 0.15) is 232 Å². The summed E-state index contributed by atoms with van der Waals surface area (Å²) in [4.78, 5) is 35.4. The summed E-state index contributed by atoms with van der Waals surface area (Å²) >= 11 is 0. The first kappa shape index (κ1) is 56.8. The van der Waals surface area contributed by atoms with Crippen molar-refractivity contribution in [2.75, 3.05) is 47.5 Å². The number of nitrogens with zero attached hydrogens (tertiary/aromatic N) is 1. The van der Waals surface area contributed by atoms with Gasteiger partial charge in [0, 0.05) is 12.5 Å². The van der Waals surface area contributed by atoms with E-state index in [1.54, 1.807) is 6.08 Å². The first-order chi connectivity index (χ1) is 28.0. The Balaban J connectivity index is 4.30. The summed E-state index contributed by atoms with van der Waals surface area (Å²) in [6, 6.07) is 0. The molecule has 0 aromatic heterocycles. The van der Waals surface area contributed by atoms with Gasteiger partial charge in [0.05, 0.1) is 27.7 Å². The molecule has 9 nitrogen and oxygen atoms in total. The lowest BCUT2D eigenvalue weighted by Crippen LogP contribution is -2.37. The van der Waals surface area contributed by atoms with E-state index in [1.165, 1.54) is 179 Å². The number of hydrogen-bond acceptors (Lipinski definition) is 7. The van der Waals surface area contributed by atoms with Crippen molar-refractivity contribution < 1.29 is 42.1 Å². The number of hydrogen-bond donors (Lipinski definition) is 1. The molecule has 0 aromatic rings. The number of esters is 2. The van der Waals surface area contributed by atoms with Crippen molar-refractivity contribution in [3.63, 3.8) is 0 Å². The molecule has 58 heavy (non-hydrogen) atoms. The van der Waals surface area contributed by atoms with E-state index in [0.717, 1.165) is 38.5 Å². The average Bonchev–Trinajstić information content (AvgIpc) is 3.17. The van der Waals surface area contributed by atoms with Crippen LogP contribution in [-0.4, -0.2) is 74.9 Å². The van der Waals surface area contributed by atoms with Crippen LogP contribution in [0.25, 0.3) is 0 Å². The van der Waals surface area contributed by atoms with Crippen LogP contribution in [0.15, 0.2) is 12.2 Å². The smallest absolute Gasteiger partial charge is 0.462 e. The Morgan fingerprint density at radius 1 is 0.552 bits per heavy atom. The Hall–Kier alpha value is -1.25. The minimum absolute atomic E-state index is 0.0259. The number of unbranched alkanes of at least 4 members (excludes halogenated alkanes) is 31. The molecule has 0 saturated carbocycles. The molecule has 0 aliphatic carbocycles. The van der Waals surface area contributed by atoms with E-state index >= 15 is 0 Å². The fourth-order valence-corrected chi connectivity index (χ4v) is 7.77. The van der Waals surface area contributed by atoms with Crippen LogP contribution in [-0.2, 0) is 32.7 Å². The lowest BCUT2D eigenvalue weighted by molar-refractivity contribution is -0.870. The largest absolute Gasteiger partial charge is 0.472 e. The molecule has 344 valence electrons. The Kier molecular flexibility index (Phi) is 40.2. The van der Waals surface area contributed by atoms with Crippen molar-refractivity contribution in [1.82, 2.24) is 0 Å². The van der Waals surface area contributed by atoms with E-state index in [1.807, 2.05) is 21.1 Å². The van der Waals surface area contributed by atoms with Crippen molar-refractivity contribution in [3.8, 4) is 0 Å². The zero-order chi connectivity index (χ0) is 42.8. The van der Waals surface area contributed by atoms with E-state index in [0.29, 0.717) is 11.0 Å². The molecule has 0 saturated heterocycles. The van der Waals surface area contributed by atoms with Crippen LogP contribution in [0, 0.1) is 0 Å². The predicted molar refractivity (Wildman–Crippen MR) is 243 cm³/mol. The molecule has 0 heterocycles. The highest BCUT2D eigenvalue weighted by Gasteiger charge is 2.26. The number of phosphoric ester groups is 1. The van der Waals surface area contributed by atoms with Gasteiger partial charge in [-0.15, -0.1) is 0 Å². The maximum atomic E-state index is 12.6. The lowest BCUT2D eigenvalue weighted by atomic mass is 10.0. The van der Waals surface area contributed by atoms with Crippen LogP contribution in [0.2, 0.25) is 0 Å². The Labute approximate surface area is 358 Å². The molecule has 1 N–H and O–H groups in total. The maximum Gasteiger partial charge on any atom is 0.472 e. The first-order valence-electron chi connectivity index (χ1n) is 24.4. The summed E-state index contributed by atoms with van der Waals surface area (Å²) in [6.45, 7) is 4.39. The topological polar surface area (TPSA) is 108 Å². The summed E-state index contributed by atoms with van der Waals surface area (Å²) in [5.74, 6) is -0.977. The number of carbonyl (C=O) groups excluding carboxylic acids is 2. The maximum absolute atomic E-state index is 12.6. The van der Waals surface area contributed by atoms with Gasteiger partial charge in [-0.2, -0.15) is 0 Å². The van der Waals surface area contributed by atoms with E-state index in [4.69, 9.17) is 18.5 Å². The molecule has 0 spiro atoms. The third-order valence-electron chi connectivity index (χ3n) is 10.9. The van der Waals surface area contributed by atoms with Crippen molar-refractivity contribution in [3.05, 3.63) is 12.2 Å². The number of allylic oxidation sites excluding steroid dienone is 1. The number of phosphoric acid groups is 1. The van der Waals surface area contributed by atoms with Crippen LogP contribution in [0.3, 0.4) is 0 Å². The van der Waals surface area contributed by atoms with Gasteiger partial charge >= 0.3 is 19.8 Å². The van der Waals surface area contributed by atoms with Gasteiger partial charge in [-0.05, 0) is 19.3 Å². The zero-order valence-electron chi connectivity index (χ0n) is 38.8. The fourth-order valence-electron chi connectivity index (χ4n) is 7.03. The van der Waals surface area contributed by atoms with Crippen LogP contribution in [0.4, 0.5) is 0 Å². The number of quaternary nitrogens is 1. The average molecular weight is 845 g/mol. The Bertz CT molecular complexity index is 1000. The van der Waals surface area contributed by atoms with Gasteiger partial charge in [0.25, 0.3) is 0 Å². The molecule has 0 aromatic carbocycles. The highest BCUT2D eigenvalue weighted by molar-refractivity contribution is 7.47. The monoisotopic (exact) mass is 845 g/mol. The van der Waals surface area contributed by atoms with E-state index in [9.17, 15) is 19.0 Å². The van der Waals surface area contributed by atoms with Crippen molar-refractivity contribution in [1.29, 1.82) is 0 Å². The van der Waals surface area contributed by atoms with Crippen LogP contribution in [0.5, 0.6) is 0 Å². The number of carbonyl (C=O) groups is 2. The van der Waals surface area contributed by atoms with Crippen molar-refractivity contribution in [2.24, 2.45) is 0 Å². The molecule has 0 aliphatic rings. The minimum Gasteiger partial charge on any atom is -0.462 e. The minimum atomic E-state index is -4.39. The molecule has 0 amide bonds. The van der Waals surface area contributed by atoms with E-state index in [2.05, 4.69) is 13.8 Å². The predicted octanol–water partition coefficient (Wildman–Crippen LogP) is 14.1. The second-order valence-corrected chi connectivity index (χ2v) is 19.4. The molecular formula is C48H95NO8P+. The zero-order valence-corrected chi connectivity index (χ0v) is 39.7. The summed E-state index contributed by atoms with van der Waals surface area (Å²) in [6.07, 6.45) is 44.5. The van der Waals surface area contributed by atoms with Gasteiger partial charge < -0.3 is 18.9 Å². The van der Waals surface area contributed by atoms with Crippen molar-refractivity contribution >= 4 is 19.8 Å². The second kappa shape index (κ2) is 41.1. The number of rotatable bonds is 45.